The number of aryl methyl sites for hydroxylation is 1. The second kappa shape index (κ2) is 9.43. The number of nitrogens with zero attached hydrogens (tertiary/aromatic N) is 2. The summed E-state index contributed by atoms with van der Waals surface area (Å²) in [5, 5.41) is 9.41. The van der Waals surface area contributed by atoms with Gasteiger partial charge in [0.2, 0.25) is 17.6 Å². The molecule has 4 rings (SSSR count). The van der Waals surface area contributed by atoms with Gasteiger partial charge < -0.3 is 14.6 Å². The van der Waals surface area contributed by atoms with E-state index in [1.807, 2.05) is 62.4 Å². The Morgan fingerprint density at radius 2 is 1.84 bits per heavy atom. The molecule has 0 aliphatic rings. The number of hydrogen-bond donors (Lipinski definition) is 1. The Balaban J connectivity index is 1.35. The summed E-state index contributed by atoms with van der Waals surface area (Å²) in [6.07, 6.45) is 0.665. The van der Waals surface area contributed by atoms with Gasteiger partial charge in [0.1, 0.15) is 5.75 Å². The van der Waals surface area contributed by atoms with Crippen molar-refractivity contribution in [1.29, 1.82) is 0 Å². The Kier molecular flexibility index (Phi) is 6.26. The molecule has 31 heavy (non-hydrogen) atoms. The van der Waals surface area contributed by atoms with E-state index in [0.29, 0.717) is 24.7 Å². The summed E-state index contributed by atoms with van der Waals surface area (Å²) in [6, 6.07) is 21.7. The van der Waals surface area contributed by atoms with Crippen LogP contribution in [0.25, 0.3) is 22.2 Å². The molecule has 0 aliphatic carbocycles. The van der Waals surface area contributed by atoms with Crippen LogP contribution in [0.5, 0.6) is 5.75 Å². The summed E-state index contributed by atoms with van der Waals surface area (Å²) in [4.78, 5) is 16.9. The maximum absolute atomic E-state index is 12.5. The zero-order valence-corrected chi connectivity index (χ0v) is 17.7. The van der Waals surface area contributed by atoms with Gasteiger partial charge in [-0.2, -0.15) is 4.98 Å². The smallest absolute Gasteiger partial charge is 0.227 e. The molecule has 0 spiro atoms. The maximum Gasteiger partial charge on any atom is 0.227 e. The minimum atomic E-state index is -0.0966. The molecule has 1 unspecified atom stereocenters. The van der Waals surface area contributed by atoms with Crippen LogP contribution in [0.15, 0.2) is 71.3 Å². The summed E-state index contributed by atoms with van der Waals surface area (Å²) in [5.41, 5.74) is 1.94. The molecule has 0 saturated heterocycles. The molecule has 3 aromatic carbocycles. The van der Waals surface area contributed by atoms with E-state index in [-0.39, 0.29) is 18.4 Å². The van der Waals surface area contributed by atoms with E-state index in [1.54, 1.807) is 0 Å². The molecule has 6 nitrogen and oxygen atoms in total. The van der Waals surface area contributed by atoms with Crippen molar-refractivity contribution in [1.82, 2.24) is 15.5 Å². The van der Waals surface area contributed by atoms with Crippen LogP contribution < -0.4 is 10.1 Å². The van der Waals surface area contributed by atoms with Crippen LogP contribution in [0, 0.1) is 0 Å². The topological polar surface area (TPSA) is 77.2 Å². The molecule has 0 saturated carbocycles. The van der Waals surface area contributed by atoms with Crippen LogP contribution in [0.1, 0.15) is 37.8 Å². The Bertz CT molecular complexity index is 1160. The monoisotopic (exact) mass is 415 g/mol. The van der Waals surface area contributed by atoms with Gasteiger partial charge in [0.15, 0.2) is 0 Å². The molecule has 1 atom stereocenters. The predicted molar refractivity (Wildman–Crippen MR) is 120 cm³/mol. The molecule has 0 fully saturated rings. The third-order valence-electron chi connectivity index (χ3n) is 5.12. The molecule has 0 radical (unpaired) electrons. The first-order valence-corrected chi connectivity index (χ1v) is 10.5. The van der Waals surface area contributed by atoms with Gasteiger partial charge in [-0.15, -0.1) is 0 Å². The molecule has 0 bridgehead atoms. The molecule has 1 amide bonds. The van der Waals surface area contributed by atoms with Gasteiger partial charge in [0, 0.05) is 18.4 Å². The number of carbonyl (C=O) groups excluding carboxylic acids is 1. The minimum Gasteiger partial charge on any atom is -0.494 e. The van der Waals surface area contributed by atoms with E-state index in [2.05, 4.69) is 33.7 Å². The summed E-state index contributed by atoms with van der Waals surface area (Å²) >= 11 is 0. The zero-order valence-electron chi connectivity index (χ0n) is 17.7. The molecule has 1 aromatic heterocycles. The number of ether oxygens (including phenoxy) is 1. The van der Waals surface area contributed by atoms with Gasteiger partial charge in [-0.25, -0.2) is 0 Å². The second-order valence-electron chi connectivity index (χ2n) is 7.33. The van der Waals surface area contributed by atoms with E-state index in [1.165, 1.54) is 0 Å². The number of fused-ring (bicyclic) bond motifs is 1. The largest absolute Gasteiger partial charge is 0.494 e. The molecule has 1 N–H and O–H groups in total. The van der Waals surface area contributed by atoms with E-state index in [4.69, 9.17) is 9.26 Å². The van der Waals surface area contributed by atoms with Gasteiger partial charge in [0.05, 0.1) is 12.6 Å². The first-order valence-electron chi connectivity index (χ1n) is 10.5. The normalized spacial score (nSPS) is 11.9. The fourth-order valence-corrected chi connectivity index (χ4v) is 3.58. The maximum atomic E-state index is 12.5. The molecular weight excluding hydrogens is 390 g/mol. The van der Waals surface area contributed by atoms with E-state index >= 15 is 0 Å². The highest BCUT2D eigenvalue weighted by atomic mass is 16.5. The predicted octanol–water partition coefficient (Wildman–Crippen LogP) is 5.10. The third-order valence-corrected chi connectivity index (χ3v) is 5.12. The van der Waals surface area contributed by atoms with E-state index in [0.717, 1.165) is 27.6 Å². The average molecular weight is 415 g/mol. The molecular formula is C25H25N3O3. The van der Waals surface area contributed by atoms with Gasteiger partial charge >= 0.3 is 0 Å². The van der Waals surface area contributed by atoms with Crippen LogP contribution in [0.2, 0.25) is 0 Å². The van der Waals surface area contributed by atoms with Gasteiger partial charge in [-0.3, -0.25) is 4.79 Å². The number of hydrogen-bond acceptors (Lipinski definition) is 5. The Hall–Kier alpha value is -3.67. The van der Waals surface area contributed by atoms with Crippen LogP contribution in [-0.4, -0.2) is 22.7 Å². The number of benzene rings is 3. The van der Waals surface area contributed by atoms with Crippen LogP contribution >= 0.6 is 0 Å². The lowest BCUT2D eigenvalue weighted by molar-refractivity contribution is -0.121. The number of amides is 1. The van der Waals surface area contributed by atoms with E-state index < -0.39 is 0 Å². The fraction of sp³-hybridized carbons (Fsp3) is 0.240. The third kappa shape index (κ3) is 4.91. The fourth-order valence-electron chi connectivity index (χ4n) is 3.58. The molecule has 4 aromatic rings. The van der Waals surface area contributed by atoms with Gasteiger partial charge in [-0.05, 0) is 54.4 Å². The average Bonchev–Trinajstić information content (AvgIpc) is 3.27. The van der Waals surface area contributed by atoms with Crippen molar-refractivity contribution in [2.24, 2.45) is 0 Å². The van der Waals surface area contributed by atoms with E-state index in [9.17, 15) is 4.79 Å². The van der Waals surface area contributed by atoms with Gasteiger partial charge in [0.25, 0.3) is 0 Å². The van der Waals surface area contributed by atoms with Crippen molar-refractivity contribution in [3.8, 4) is 17.1 Å². The first kappa shape index (κ1) is 20.6. The van der Waals surface area contributed by atoms with Crippen LogP contribution in [-0.2, 0) is 11.2 Å². The van der Waals surface area contributed by atoms with Crippen LogP contribution in [0.4, 0.5) is 0 Å². The Morgan fingerprint density at radius 1 is 1.06 bits per heavy atom. The SMILES string of the molecule is CCOc1ccc(-c2noc(CCC(=O)NC(C)c3cccc4ccccc34)n2)cc1. The number of carbonyl (C=O) groups is 1. The summed E-state index contributed by atoms with van der Waals surface area (Å²) in [7, 11) is 0. The van der Waals surface area contributed by atoms with Crippen molar-refractivity contribution in [3.63, 3.8) is 0 Å². The van der Waals surface area contributed by atoms with Crippen molar-refractivity contribution in [2.45, 2.75) is 32.7 Å². The number of aromatic nitrogens is 2. The van der Waals surface area contributed by atoms with Gasteiger partial charge in [-0.1, -0.05) is 47.6 Å². The highest BCUT2D eigenvalue weighted by molar-refractivity contribution is 5.86. The second-order valence-corrected chi connectivity index (χ2v) is 7.33. The van der Waals surface area contributed by atoms with Crippen molar-refractivity contribution in [3.05, 3.63) is 78.2 Å². The number of rotatable bonds is 8. The summed E-state index contributed by atoms with van der Waals surface area (Å²) < 4.78 is 10.8. The van der Waals surface area contributed by atoms with Crippen molar-refractivity contribution in [2.75, 3.05) is 6.61 Å². The minimum absolute atomic E-state index is 0.0544. The van der Waals surface area contributed by atoms with Crippen LogP contribution in [0.3, 0.4) is 0 Å². The zero-order chi connectivity index (χ0) is 21.6. The molecule has 6 heteroatoms. The first-order chi connectivity index (χ1) is 15.1. The van der Waals surface area contributed by atoms with Crippen molar-refractivity contribution >= 4 is 16.7 Å². The Labute approximate surface area is 181 Å². The highest BCUT2D eigenvalue weighted by Gasteiger charge is 2.14. The molecule has 158 valence electrons. The highest BCUT2D eigenvalue weighted by Crippen LogP contribution is 2.24. The summed E-state index contributed by atoms with van der Waals surface area (Å²) in [6.45, 7) is 4.56. The lowest BCUT2D eigenvalue weighted by Crippen LogP contribution is -2.27. The molecule has 0 aliphatic heterocycles. The molecule has 1 heterocycles. The van der Waals surface area contributed by atoms with Crippen molar-refractivity contribution < 1.29 is 14.1 Å². The lowest BCUT2D eigenvalue weighted by atomic mass is 9.99. The Morgan fingerprint density at radius 3 is 2.65 bits per heavy atom. The lowest BCUT2D eigenvalue weighted by Gasteiger charge is -2.16. The summed E-state index contributed by atoms with van der Waals surface area (Å²) in [5.74, 6) is 1.69. The standard InChI is InChI=1S/C25H25N3O3/c1-3-30-20-13-11-19(12-14-20)25-27-24(31-28-25)16-15-23(29)26-17(2)21-10-6-8-18-7-4-5-9-22(18)21/h4-14,17H,3,15-16H2,1-2H3,(H,26,29). The number of nitrogens with one attached hydrogen (secondary N) is 1. The quantitative estimate of drug-likeness (QED) is 0.433.